The molecule has 0 saturated heterocycles. The fourth-order valence-corrected chi connectivity index (χ4v) is 1.92. The van der Waals surface area contributed by atoms with E-state index in [0.29, 0.717) is 6.04 Å². The molecule has 0 atom stereocenters. The second-order valence-electron chi connectivity index (χ2n) is 4.26. The minimum Gasteiger partial charge on any atom is -0.247 e. The SMILES string of the molecule is CCCCC(CCCC)n1nncc1C. The molecule has 0 saturated carbocycles. The molecule has 1 rings (SSSR count). The van der Waals surface area contributed by atoms with E-state index in [9.17, 15) is 0 Å². The molecule has 0 aliphatic heterocycles. The summed E-state index contributed by atoms with van der Waals surface area (Å²) in [4.78, 5) is 0. The van der Waals surface area contributed by atoms with Gasteiger partial charge in [0.2, 0.25) is 0 Å². The van der Waals surface area contributed by atoms with Crippen molar-refractivity contribution < 1.29 is 0 Å². The van der Waals surface area contributed by atoms with Crippen LogP contribution in [0.5, 0.6) is 0 Å². The molecule has 86 valence electrons. The predicted molar refractivity (Wildman–Crippen MR) is 62.8 cm³/mol. The summed E-state index contributed by atoms with van der Waals surface area (Å²) in [6, 6.07) is 0.562. The quantitative estimate of drug-likeness (QED) is 0.688. The van der Waals surface area contributed by atoms with Crippen molar-refractivity contribution in [3.8, 4) is 0 Å². The lowest BCUT2D eigenvalue weighted by atomic mass is 10.0. The Morgan fingerprint density at radius 3 is 2.20 bits per heavy atom. The summed E-state index contributed by atoms with van der Waals surface area (Å²) in [7, 11) is 0. The predicted octanol–water partition coefficient (Wildman–Crippen LogP) is 3.51. The van der Waals surface area contributed by atoms with Crippen molar-refractivity contribution in [1.82, 2.24) is 15.0 Å². The molecule has 0 unspecified atom stereocenters. The second kappa shape index (κ2) is 6.59. The van der Waals surface area contributed by atoms with Crippen molar-refractivity contribution in [1.29, 1.82) is 0 Å². The lowest BCUT2D eigenvalue weighted by molar-refractivity contribution is 0.364. The lowest BCUT2D eigenvalue weighted by Crippen LogP contribution is -2.12. The molecule has 1 heterocycles. The van der Waals surface area contributed by atoms with Crippen molar-refractivity contribution in [3.63, 3.8) is 0 Å². The minimum absolute atomic E-state index is 0.562. The van der Waals surface area contributed by atoms with Crippen molar-refractivity contribution >= 4 is 0 Å². The highest BCUT2D eigenvalue weighted by Gasteiger charge is 2.12. The molecule has 0 N–H and O–H groups in total. The minimum atomic E-state index is 0.562. The van der Waals surface area contributed by atoms with Gasteiger partial charge < -0.3 is 0 Å². The number of aryl methyl sites for hydroxylation is 1. The zero-order valence-electron chi connectivity index (χ0n) is 10.2. The summed E-state index contributed by atoms with van der Waals surface area (Å²) in [6.07, 6.45) is 9.42. The molecular formula is C12H23N3. The van der Waals surface area contributed by atoms with Crippen LogP contribution < -0.4 is 0 Å². The zero-order chi connectivity index (χ0) is 11.1. The molecular weight excluding hydrogens is 186 g/mol. The summed E-state index contributed by atoms with van der Waals surface area (Å²) < 4.78 is 2.10. The average Bonchev–Trinajstić information content (AvgIpc) is 2.65. The van der Waals surface area contributed by atoms with E-state index in [-0.39, 0.29) is 0 Å². The van der Waals surface area contributed by atoms with Gasteiger partial charge in [0.15, 0.2) is 0 Å². The smallest absolute Gasteiger partial charge is 0.0722 e. The molecule has 15 heavy (non-hydrogen) atoms. The number of unbranched alkanes of at least 4 members (excludes halogenated alkanes) is 2. The van der Waals surface area contributed by atoms with Crippen LogP contribution in [0.15, 0.2) is 6.20 Å². The van der Waals surface area contributed by atoms with Crippen LogP contribution in [0.4, 0.5) is 0 Å². The van der Waals surface area contributed by atoms with Crippen LogP contribution in [0, 0.1) is 6.92 Å². The average molecular weight is 209 g/mol. The van der Waals surface area contributed by atoms with E-state index < -0.39 is 0 Å². The number of rotatable bonds is 7. The maximum Gasteiger partial charge on any atom is 0.0722 e. The van der Waals surface area contributed by atoms with Crippen molar-refractivity contribution in [2.75, 3.05) is 0 Å². The highest BCUT2D eigenvalue weighted by Crippen LogP contribution is 2.21. The molecule has 0 bridgehead atoms. The van der Waals surface area contributed by atoms with Crippen LogP contribution >= 0.6 is 0 Å². The zero-order valence-corrected chi connectivity index (χ0v) is 10.2. The number of nitrogens with zero attached hydrogens (tertiary/aromatic N) is 3. The van der Waals surface area contributed by atoms with Crippen LogP contribution in [0.3, 0.4) is 0 Å². The summed E-state index contributed by atoms with van der Waals surface area (Å²) in [5, 5.41) is 8.16. The van der Waals surface area contributed by atoms with E-state index in [1.54, 1.807) is 0 Å². The van der Waals surface area contributed by atoms with Gasteiger partial charge in [-0.3, -0.25) is 0 Å². The molecule has 0 aromatic carbocycles. The van der Waals surface area contributed by atoms with Gasteiger partial charge >= 0.3 is 0 Å². The van der Waals surface area contributed by atoms with Gasteiger partial charge in [-0.1, -0.05) is 44.7 Å². The first-order valence-electron chi connectivity index (χ1n) is 6.16. The topological polar surface area (TPSA) is 30.7 Å². The van der Waals surface area contributed by atoms with Crippen LogP contribution in [0.25, 0.3) is 0 Å². The molecule has 3 heteroatoms. The Morgan fingerprint density at radius 1 is 1.20 bits per heavy atom. The summed E-state index contributed by atoms with van der Waals surface area (Å²) >= 11 is 0. The Kier molecular flexibility index (Phi) is 5.37. The lowest BCUT2D eigenvalue weighted by Gasteiger charge is -2.17. The van der Waals surface area contributed by atoms with Crippen LogP contribution in [0.2, 0.25) is 0 Å². The van der Waals surface area contributed by atoms with E-state index in [0.717, 1.165) is 0 Å². The van der Waals surface area contributed by atoms with Gasteiger partial charge in [0.25, 0.3) is 0 Å². The normalized spacial score (nSPS) is 11.2. The second-order valence-corrected chi connectivity index (χ2v) is 4.26. The molecule has 0 spiro atoms. The Bertz CT molecular complexity index is 260. The number of hydrogen-bond donors (Lipinski definition) is 0. The maximum atomic E-state index is 4.19. The van der Waals surface area contributed by atoms with E-state index in [1.807, 2.05) is 6.20 Å². The third kappa shape index (κ3) is 3.65. The standard InChI is InChI=1S/C12H23N3/c1-4-6-8-12(9-7-5-2)15-11(3)10-13-14-15/h10,12H,4-9H2,1-3H3. The van der Waals surface area contributed by atoms with Gasteiger partial charge in [-0.15, -0.1) is 5.10 Å². The molecule has 0 aliphatic rings. The molecule has 0 amide bonds. The first-order chi connectivity index (χ1) is 7.29. The largest absolute Gasteiger partial charge is 0.247 e. The third-order valence-electron chi connectivity index (χ3n) is 2.88. The molecule has 0 radical (unpaired) electrons. The molecule has 0 fully saturated rings. The summed E-state index contributed by atoms with van der Waals surface area (Å²) in [5.74, 6) is 0. The Morgan fingerprint density at radius 2 is 1.80 bits per heavy atom. The fraction of sp³-hybridized carbons (Fsp3) is 0.833. The first kappa shape index (κ1) is 12.2. The molecule has 1 aromatic heterocycles. The monoisotopic (exact) mass is 209 g/mol. The van der Waals surface area contributed by atoms with Crippen molar-refractivity contribution in [2.24, 2.45) is 0 Å². The van der Waals surface area contributed by atoms with Gasteiger partial charge in [-0.25, -0.2) is 4.68 Å². The summed E-state index contributed by atoms with van der Waals surface area (Å²) in [5.41, 5.74) is 1.19. The fourth-order valence-electron chi connectivity index (χ4n) is 1.92. The third-order valence-corrected chi connectivity index (χ3v) is 2.88. The number of hydrogen-bond acceptors (Lipinski definition) is 2. The maximum absolute atomic E-state index is 4.19. The highest BCUT2D eigenvalue weighted by molar-refractivity contribution is 4.91. The van der Waals surface area contributed by atoms with Crippen LogP contribution in [-0.2, 0) is 0 Å². The first-order valence-corrected chi connectivity index (χ1v) is 6.16. The van der Waals surface area contributed by atoms with Crippen molar-refractivity contribution in [2.45, 2.75) is 65.3 Å². The molecule has 3 nitrogen and oxygen atoms in total. The Balaban J connectivity index is 2.58. The van der Waals surface area contributed by atoms with Gasteiger partial charge in [-0.2, -0.15) is 0 Å². The van der Waals surface area contributed by atoms with Crippen LogP contribution in [-0.4, -0.2) is 15.0 Å². The molecule has 1 aromatic rings. The van der Waals surface area contributed by atoms with Crippen molar-refractivity contribution in [3.05, 3.63) is 11.9 Å². The van der Waals surface area contributed by atoms with Gasteiger partial charge in [0.1, 0.15) is 0 Å². The van der Waals surface area contributed by atoms with E-state index in [2.05, 4.69) is 35.8 Å². The Labute approximate surface area is 92.9 Å². The van der Waals surface area contributed by atoms with E-state index in [4.69, 9.17) is 0 Å². The summed E-state index contributed by atoms with van der Waals surface area (Å²) in [6.45, 7) is 6.57. The van der Waals surface area contributed by atoms with Gasteiger partial charge in [0, 0.05) is 0 Å². The molecule has 0 aliphatic carbocycles. The van der Waals surface area contributed by atoms with E-state index in [1.165, 1.54) is 44.2 Å². The van der Waals surface area contributed by atoms with E-state index >= 15 is 0 Å². The number of aromatic nitrogens is 3. The highest BCUT2D eigenvalue weighted by atomic mass is 15.4. The van der Waals surface area contributed by atoms with Gasteiger partial charge in [-0.05, 0) is 19.8 Å². The van der Waals surface area contributed by atoms with Gasteiger partial charge in [0.05, 0.1) is 17.9 Å². The van der Waals surface area contributed by atoms with Crippen LogP contribution in [0.1, 0.15) is 64.1 Å². The Hall–Kier alpha value is -0.860.